The Morgan fingerprint density at radius 3 is 1.84 bits per heavy atom. The SMILES string of the molecule is Cc1cc(-c2ccc3ccccc3c2)ccc1-c1cccc(-c2nc(-c3cccc4ccccc34)nc(C3C=CC=CC3c3cccc4ccccc34)n2)c1. The number of aromatic nitrogens is 3. The van der Waals surface area contributed by atoms with Crippen molar-refractivity contribution in [1.82, 2.24) is 15.0 Å². The van der Waals surface area contributed by atoms with Crippen LogP contribution in [-0.4, -0.2) is 15.0 Å². The van der Waals surface area contributed by atoms with Gasteiger partial charge >= 0.3 is 0 Å². The summed E-state index contributed by atoms with van der Waals surface area (Å²) in [7, 11) is 0. The average Bonchev–Trinajstić information content (AvgIpc) is 3.25. The summed E-state index contributed by atoms with van der Waals surface area (Å²) in [5, 5.41) is 7.25. The number of fused-ring (bicyclic) bond motifs is 3. The molecule has 3 nitrogen and oxygen atoms in total. The van der Waals surface area contributed by atoms with Crippen molar-refractivity contribution in [3.05, 3.63) is 211 Å². The third kappa shape index (κ3) is 6.10. The van der Waals surface area contributed by atoms with Crippen molar-refractivity contribution in [1.29, 1.82) is 0 Å². The Morgan fingerprint density at radius 2 is 1.00 bits per heavy atom. The van der Waals surface area contributed by atoms with Gasteiger partial charge in [0.2, 0.25) is 0 Å². The van der Waals surface area contributed by atoms with Crippen LogP contribution >= 0.6 is 0 Å². The molecule has 0 fully saturated rings. The van der Waals surface area contributed by atoms with Crippen molar-refractivity contribution in [2.45, 2.75) is 18.8 Å². The van der Waals surface area contributed by atoms with Gasteiger partial charge in [0, 0.05) is 23.0 Å². The normalized spacial score (nSPS) is 15.2. The zero-order valence-electron chi connectivity index (χ0n) is 30.5. The van der Waals surface area contributed by atoms with Crippen LogP contribution in [-0.2, 0) is 0 Å². The quantitative estimate of drug-likeness (QED) is 0.173. The van der Waals surface area contributed by atoms with E-state index in [9.17, 15) is 0 Å². The number of hydrogen-bond acceptors (Lipinski definition) is 3. The molecule has 0 aliphatic heterocycles. The van der Waals surface area contributed by atoms with Gasteiger partial charge in [-0.2, -0.15) is 0 Å². The molecule has 1 aliphatic rings. The number of nitrogens with zero attached hydrogens (tertiary/aromatic N) is 3. The molecule has 260 valence electrons. The molecular formula is C52H37N3. The fourth-order valence-corrected chi connectivity index (χ4v) is 8.27. The summed E-state index contributed by atoms with van der Waals surface area (Å²) in [5.74, 6) is 2.08. The first kappa shape index (κ1) is 32.7. The molecule has 2 unspecified atom stereocenters. The molecule has 0 N–H and O–H groups in total. The molecule has 0 saturated carbocycles. The fraction of sp³-hybridized carbons (Fsp3) is 0.0577. The van der Waals surface area contributed by atoms with Crippen LogP contribution in [0.3, 0.4) is 0 Å². The second-order valence-corrected chi connectivity index (χ2v) is 14.4. The minimum atomic E-state index is -0.0839. The second kappa shape index (κ2) is 13.8. The molecule has 0 bridgehead atoms. The third-order valence-corrected chi connectivity index (χ3v) is 11.0. The number of rotatable bonds is 6. The molecule has 0 radical (unpaired) electrons. The van der Waals surface area contributed by atoms with Gasteiger partial charge in [0.1, 0.15) is 5.82 Å². The van der Waals surface area contributed by atoms with E-state index in [1.54, 1.807) is 0 Å². The van der Waals surface area contributed by atoms with E-state index in [-0.39, 0.29) is 11.8 Å². The number of allylic oxidation sites excluding steroid dienone is 4. The minimum Gasteiger partial charge on any atom is -0.212 e. The fourth-order valence-electron chi connectivity index (χ4n) is 8.27. The molecule has 0 saturated heterocycles. The van der Waals surface area contributed by atoms with Gasteiger partial charge in [-0.15, -0.1) is 0 Å². The highest BCUT2D eigenvalue weighted by Crippen LogP contribution is 2.41. The van der Waals surface area contributed by atoms with Crippen molar-refractivity contribution in [3.8, 4) is 45.0 Å². The van der Waals surface area contributed by atoms with Crippen molar-refractivity contribution in [2.75, 3.05) is 0 Å². The lowest BCUT2D eigenvalue weighted by Crippen LogP contribution is -2.15. The Balaban J connectivity index is 1.09. The number of aryl methyl sites for hydroxylation is 1. The third-order valence-electron chi connectivity index (χ3n) is 11.0. The van der Waals surface area contributed by atoms with E-state index in [0.29, 0.717) is 11.6 Å². The molecule has 1 aliphatic carbocycles. The van der Waals surface area contributed by atoms with Crippen LogP contribution in [0.15, 0.2) is 194 Å². The number of hydrogen-bond donors (Lipinski definition) is 0. The van der Waals surface area contributed by atoms with Crippen LogP contribution in [0, 0.1) is 6.92 Å². The Hall–Kier alpha value is -6.97. The summed E-state index contributed by atoms with van der Waals surface area (Å²) in [5.41, 5.74) is 9.17. The lowest BCUT2D eigenvalue weighted by Gasteiger charge is -2.25. The van der Waals surface area contributed by atoms with Gasteiger partial charge in [0.05, 0.1) is 0 Å². The molecular weight excluding hydrogens is 667 g/mol. The van der Waals surface area contributed by atoms with E-state index in [2.05, 4.69) is 201 Å². The molecule has 0 spiro atoms. The summed E-state index contributed by atoms with van der Waals surface area (Å²) in [4.78, 5) is 15.9. The highest BCUT2D eigenvalue weighted by molar-refractivity contribution is 5.95. The van der Waals surface area contributed by atoms with E-state index in [1.807, 2.05) is 0 Å². The standard InChI is InChI=1S/C52H37N3/c1-34-31-39(40-28-27-35-13-2-3-16-38(35)32-40)29-30-43(34)41-19-10-20-42(33-41)50-53-51(48-26-12-18-37-15-5-7-22-45(37)48)55-52(54-50)49-24-9-8-23-47(49)46-25-11-17-36-14-4-6-21-44(36)46/h2-33,47,49H,1H3. The molecule has 0 amide bonds. The van der Waals surface area contributed by atoms with E-state index >= 15 is 0 Å². The minimum absolute atomic E-state index is 0.0572. The van der Waals surface area contributed by atoms with Crippen molar-refractivity contribution < 1.29 is 0 Å². The summed E-state index contributed by atoms with van der Waals surface area (Å²) in [6, 6.07) is 60.6. The monoisotopic (exact) mass is 703 g/mol. The zero-order chi connectivity index (χ0) is 36.7. The van der Waals surface area contributed by atoms with Gasteiger partial charge in [-0.3, -0.25) is 0 Å². The van der Waals surface area contributed by atoms with Crippen LogP contribution in [0.5, 0.6) is 0 Å². The van der Waals surface area contributed by atoms with Crippen molar-refractivity contribution in [2.24, 2.45) is 0 Å². The highest BCUT2D eigenvalue weighted by Gasteiger charge is 2.28. The maximum absolute atomic E-state index is 5.32. The van der Waals surface area contributed by atoms with E-state index in [1.165, 1.54) is 49.4 Å². The molecule has 2 atom stereocenters. The first-order valence-corrected chi connectivity index (χ1v) is 18.9. The Labute approximate surface area is 321 Å². The summed E-state index contributed by atoms with van der Waals surface area (Å²) in [6.07, 6.45) is 8.81. The lowest BCUT2D eigenvalue weighted by atomic mass is 9.80. The van der Waals surface area contributed by atoms with Crippen molar-refractivity contribution in [3.63, 3.8) is 0 Å². The molecule has 1 heterocycles. The first-order valence-electron chi connectivity index (χ1n) is 18.9. The molecule has 3 heteroatoms. The van der Waals surface area contributed by atoms with E-state index < -0.39 is 0 Å². The maximum atomic E-state index is 5.32. The first-order chi connectivity index (χ1) is 27.2. The van der Waals surface area contributed by atoms with Crippen LogP contribution < -0.4 is 0 Å². The molecule has 10 rings (SSSR count). The van der Waals surface area contributed by atoms with Crippen LogP contribution in [0.4, 0.5) is 0 Å². The lowest BCUT2D eigenvalue weighted by molar-refractivity contribution is 0.682. The summed E-state index contributed by atoms with van der Waals surface area (Å²) < 4.78 is 0. The Bertz CT molecular complexity index is 2960. The smallest absolute Gasteiger partial charge is 0.164 e. The molecule has 8 aromatic carbocycles. The predicted octanol–water partition coefficient (Wildman–Crippen LogP) is 13.3. The van der Waals surface area contributed by atoms with Gasteiger partial charge in [-0.1, -0.05) is 182 Å². The molecule has 55 heavy (non-hydrogen) atoms. The highest BCUT2D eigenvalue weighted by atomic mass is 15.0. The van der Waals surface area contributed by atoms with Gasteiger partial charge in [-0.25, -0.2) is 15.0 Å². The average molecular weight is 704 g/mol. The van der Waals surface area contributed by atoms with Crippen LogP contribution in [0.1, 0.15) is 28.8 Å². The van der Waals surface area contributed by atoms with Crippen LogP contribution in [0.25, 0.3) is 77.3 Å². The summed E-state index contributed by atoms with van der Waals surface area (Å²) >= 11 is 0. The second-order valence-electron chi connectivity index (χ2n) is 14.4. The van der Waals surface area contributed by atoms with Gasteiger partial charge < -0.3 is 0 Å². The maximum Gasteiger partial charge on any atom is 0.164 e. The van der Waals surface area contributed by atoms with E-state index in [4.69, 9.17) is 15.0 Å². The van der Waals surface area contributed by atoms with Crippen LogP contribution in [0.2, 0.25) is 0 Å². The van der Waals surface area contributed by atoms with Gasteiger partial charge in [-0.05, 0) is 84.8 Å². The van der Waals surface area contributed by atoms with Crippen molar-refractivity contribution >= 4 is 32.3 Å². The molecule has 9 aromatic rings. The summed E-state index contributed by atoms with van der Waals surface area (Å²) in [6.45, 7) is 2.20. The molecule has 1 aromatic heterocycles. The van der Waals surface area contributed by atoms with Gasteiger partial charge in [0.25, 0.3) is 0 Å². The Morgan fingerprint density at radius 1 is 0.382 bits per heavy atom. The Kier molecular flexibility index (Phi) is 8.18. The largest absolute Gasteiger partial charge is 0.212 e. The number of benzene rings is 8. The zero-order valence-corrected chi connectivity index (χ0v) is 30.5. The topological polar surface area (TPSA) is 38.7 Å². The van der Waals surface area contributed by atoms with E-state index in [0.717, 1.165) is 33.3 Å². The predicted molar refractivity (Wildman–Crippen MR) is 229 cm³/mol. The van der Waals surface area contributed by atoms with Gasteiger partial charge in [0.15, 0.2) is 11.6 Å².